The van der Waals surface area contributed by atoms with Gasteiger partial charge >= 0.3 is 0 Å². The number of benzene rings is 2. The molecule has 1 amide bonds. The van der Waals surface area contributed by atoms with Crippen molar-refractivity contribution in [3.63, 3.8) is 0 Å². The van der Waals surface area contributed by atoms with Crippen LogP contribution >= 0.6 is 0 Å². The molecule has 0 radical (unpaired) electrons. The Hall–Kier alpha value is -3.20. The van der Waals surface area contributed by atoms with Crippen LogP contribution in [0.25, 0.3) is 10.9 Å². The summed E-state index contributed by atoms with van der Waals surface area (Å²) < 4.78 is 41.0. The number of aromatic amines is 1. The zero-order chi connectivity index (χ0) is 21.5. The van der Waals surface area contributed by atoms with Crippen LogP contribution in [-0.4, -0.2) is 37.8 Å². The molecule has 3 aromatic rings. The van der Waals surface area contributed by atoms with Crippen LogP contribution in [-0.2, 0) is 10.0 Å². The van der Waals surface area contributed by atoms with Crippen LogP contribution < -0.4 is 10.3 Å². The van der Waals surface area contributed by atoms with E-state index in [2.05, 4.69) is 9.71 Å². The van der Waals surface area contributed by atoms with E-state index in [0.29, 0.717) is 23.4 Å². The third-order valence-electron chi connectivity index (χ3n) is 5.03. The second-order valence-corrected chi connectivity index (χ2v) is 9.18. The third kappa shape index (κ3) is 4.20. The van der Waals surface area contributed by atoms with Gasteiger partial charge in [-0.1, -0.05) is 0 Å². The highest BCUT2D eigenvalue weighted by Gasteiger charge is 2.26. The SMILES string of the molecule is CN(CC1CC1)C(=O)c1cc(=O)[nH]c2ccc(S(=O)(=O)Nc3ccc(F)cc3)cc12. The molecule has 2 aromatic carbocycles. The Labute approximate surface area is 172 Å². The molecule has 1 aliphatic carbocycles. The number of pyridine rings is 1. The minimum Gasteiger partial charge on any atom is -0.341 e. The fourth-order valence-corrected chi connectivity index (χ4v) is 4.37. The first-order valence-electron chi connectivity index (χ1n) is 9.44. The van der Waals surface area contributed by atoms with Gasteiger partial charge in [0.1, 0.15) is 5.82 Å². The Balaban J connectivity index is 1.73. The summed E-state index contributed by atoms with van der Waals surface area (Å²) in [6, 6.07) is 10.3. The van der Waals surface area contributed by atoms with E-state index in [1.807, 2.05) is 0 Å². The fourth-order valence-electron chi connectivity index (χ4n) is 3.29. The van der Waals surface area contributed by atoms with Crippen LogP contribution in [0.5, 0.6) is 0 Å². The summed E-state index contributed by atoms with van der Waals surface area (Å²) in [5, 5.41) is 0.337. The van der Waals surface area contributed by atoms with E-state index in [9.17, 15) is 22.4 Å². The van der Waals surface area contributed by atoms with Gasteiger partial charge in [0.25, 0.3) is 15.9 Å². The van der Waals surface area contributed by atoms with E-state index < -0.39 is 21.4 Å². The van der Waals surface area contributed by atoms with Gasteiger partial charge in [-0.15, -0.1) is 0 Å². The summed E-state index contributed by atoms with van der Waals surface area (Å²) in [4.78, 5) is 29.1. The number of hydrogen-bond acceptors (Lipinski definition) is 4. The summed E-state index contributed by atoms with van der Waals surface area (Å²) in [6.07, 6.45) is 2.15. The quantitative estimate of drug-likeness (QED) is 0.629. The summed E-state index contributed by atoms with van der Waals surface area (Å²) in [6.45, 7) is 0.594. The molecule has 0 saturated heterocycles. The van der Waals surface area contributed by atoms with E-state index in [-0.39, 0.29) is 22.1 Å². The Morgan fingerprint density at radius 3 is 2.53 bits per heavy atom. The lowest BCUT2D eigenvalue weighted by Crippen LogP contribution is -2.30. The molecule has 0 unspecified atom stereocenters. The molecule has 7 nitrogen and oxygen atoms in total. The van der Waals surface area contributed by atoms with Gasteiger partial charge in [-0.3, -0.25) is 14.3 Å². The van der Waals surface area contributed by atoms with Crippen molar-refractivity contribution in [3.05, 3.63) is 70.3 Å². The van der Waals surface area contributed by atoms with Gasteiger partial charge in [0.2, 0.25) is 5.56 Å². The lowest BCUT2D eigenvalue weighted by molar-refractivity contribution is 0.0790. The first-order valence-corrected chi connectivity index (χ1v) is 10.9. The first-order chi connectivity index (χ1) is 14.2. The topological polar surface area (TPSA) is 99.3 Å². The van der Waals surface area contributed by atoms with Crippen molar-refractivity contribution in [2.75, 3.05) is 18.3 Å². The van der Waals surface area contributed by atoms with Crippen molar-refractivity contribution in [1.29, 1.82) is 0 Å². The van der Waals surface area contributed by atoms with Crippen LogP contribution in [0, 0.1) is 11.7 Å². The van der Waals surface area contributed by atoms with Crippen molar-refractivity contribution in [2.45, 2.75) is 17.7 Å². The highest BCUT2D eigenvalue weighted by Crippen LogP contribution is 2.30. The number of H-pyrrole nitrogens is 1. The minimum atomic E-state index is -3.99. The summed E-state index contributed by atoms with van der Waals surface area (Å²) in [5.41, 5.74) is 0.284. The molecule has 0 spiro atoms. The number of anilines is 1. The molecule has 9 heteroatoms. The highest BCUT2D eigenvalue weighted by molar-refractivity contribution is 7.92. The van der Waals surface area contributed by atoms with Crippen molar-refractivity contribution >= 4 is 32.5 Å². The number of nitrogens with one attached hydrogen (secondary N) is 2. The van der Waals surface area contributed by atoms with E-state index in [0.717, 1.165) is 25.0 Å². The van der Waals surface area contributed by atoms with Crippen LogP contribution in [0.1, 0.15) is 23.2 Å². The molecule has 1 heterocycles. The van der Waals surface area contributed by atoms with Gasteiger partial charge in [-0.25, -0.2) is 12.8 Å². The number of nitrogens with zero attached hydrogens (tertiary/aromatic N) is 1. The molecule has 0 atom stereocenters. The van der Waals surface area contributed by atoms with Crippen molar-refractivity contribution in [3.8, 4) is 0 Å². The number of carbonyl (C=O) groups is 1. The van der Waals surface area contributed by atoms with Crippen LogP contribution in [0.15, 0.2) is 58.2 Å². The van der Waals surface area contributed by atoms with Gasteiger partial charge < -0.3 is 9.88 Å². The average molecular weight is 429 g/mol. The van der Waals surface area contributed by atoms with E-state index >= 15 is 0 Å². The van der Waals surface area contributed by atoms with Crippen LogP contribution in [0.3, 0.4) is 0 Å². The summed E-state index contributed by atoms with van der Waals surface area (Å²) in [7, 11) is -2.32. The van der Waals surface area contributed by atoms with Gasteiger partial charge in [-0.2, -0.15) is 0 Å². The van der Waals surface area contributed by atoms with Gasteiger partial charge in [-0.05, 0) is 61.2 Å². The van der Waals surface area contributed by atoms with Gasteiger partial charge in [0.05, 0.1) is 10.5 Å². The molecule has 30 heavy (non-hydrogen) atoms. The second kappa shape index (κ2) is 7.56. The van der Waals surface area contributed by atoms with E-state index in [1.54, 1.807) is 11.9 Å². The number of amides is 1. The normalized spacial score (nSPS) is 13.9. The first kappa shape index (κ1) is 20.1. The number of hydrogen-bond donors (Lipinski definition) is 2. The summed E-state index contributed by atoms with van der Waals surface area (Å²) >= 11 is 0. The number of rotatable bonds is 6. The molecule has 0 aliphatic heterocycles. The van der Waals surface area contributed by atoms with Crippen molar-refractivity contribution in [2.24, 2.45) is 5.92 Å². The van der Waals surface area contributed by atoms with Crippen LogP contribution in [0.4, 0.5) is 10.1 Å². The minimum absolute atomic E-state index is 0.0785. The molecular formula is C21H20FN3O4S. The molecule has 156 valence electrons. The van der Waals surface area contributed by atoms with Gasteiger partial charge in [0, 0.05) is 36.2 Å². The fraction of sp³-hybridized carbons (Fsp3) is 0.238. The van der Waals surface area contributed by atoms with Crippen LogP contribution in [0.2, 0.25) is 0 Å². The zero-order valence-electron chi connectivity index (χ0n) is 16.2. The molecule has 1 saturated carbocycles. The summed E-state index contributed by atoms with van der Waals surface area (Å²) in [5.74, 6) is -0.340. The molecule has 0 bridgehead atoms. The molecule has 4 rings (SSSR count). The molecule has 1 aliphatic rings. The molecular weight excluding hydrogens is 409 g/mol. The maximum atomic E-state index is 13.1. The van der Waals surface area contributed by atoms with Gasteiger partial charge in [0.15, 0.2) is 0 Å². The third-order valence-corrected chi connectivity index (χ3v) is 6.41. The van der Waals surface area contributed by atoms with E-state index in [1.165, 1.54) is 36.4 Å². The monoisotopic (exact) mass is 429 g/mol. The smallest absolute Gasteiger partial charge is 0.261 e. The molecule has 1 aromatic heterocycles. The standard InChI is InChI=1S/C21H20FN3O4S/c1-25(12-13-2-3-13)21(27)18-11-20(26)23-19-9-8-16(10-17(18)19)30(28,29)24-15-6-4-14(22)5-7-15/h4-11,13,24H,2-3,12H2,1H3,(H,23,26). The number of aromatic nitrogens is 1. The zero-order valence-corrected chi connectivity index (χ0v) is 17.0. The Morgan fingerprint density at radius 1 is 1.17 bits per heavy atom. The number of halogens is 1. The highest BCUT2D eigenvalue weighted by atomic mass is 32.2. The Kier molecular flexibility index (Phi) is 5.07. The molecule has 2 N–H and O–H groups in total. The van der Waals surface area contributed by atoms with E-state index in [4.69, 9.17) is 0 Å². The largest absolute Gasteiger partial charge is 0.341 e. The number of sulfonamides is 1. The maximum Gasteiger partial charge on any atom is 0.261 e. The van der Waals surface area contributed by atoms with Crippen molar-refractivity contribution in [1.82, 2.24) is 9.88 Å². The van der Waals surface area contributed by atoms with Crippen molar-refractivity contribution < 1.29 is 17.6 Å². The predicted molar refractivity (Wildman–Crippen MR) is 111 cm³/mol. The lowest BCUT2D eigenvalue weighted by atomic mass is 10.1. The number of fused-ring (bicyclic) bond motifs is 1. The average Bonchev–Trinajstić information content (AvgIpc) is 3.52. The Bertz CT molecular complexity index is 1280. The number of carbonyl (C=O) groups excluding carboxylic acids is 1. The Morgan fingerprint density at radius 2 is 1.87 bits per heavy atom. The molecule has 1 fully saturated rings. The predicted octanol–water partition coefficient (Wildman–Crippen LogP) is 2.95. The second-order valence-electron chi connectivity index (χ2n) is 7.50. The maximum absolute atomic E-state index is 13.1. The lowest BCUT2D eigenvalue weighted by Gasteiger charge is -2.18.